The largest absolute Gasteiger partial charge is 0.481 e. The van der Waals surface area contributed by atoms with Crippen LogP contribution in [0.5, 0.6) is 0 Å². The molecule has 9 nitrogen and oxygen atoms in total. The number of anilines is 1. The van der Waals surface area contributed by atoms with Crippen LogP contribution in [0.15, 0.2) is 12.1 Å². The first-order chi connectivity index (χ1) is 14.1. The fourth-order valence-electron chi connectivity index (χ4n) is 3.07. The number of carbonyl (C=O) groups excluding carboxylic acids is 2. The molecule has 1 aromatic carbocycles. The van der Waals surface area contributed by atoms with Crippen LogP contribution in [-0.2, 0) is 20.8 Å². The number of ether oxygens (including phenoxy) is 2. The molecule has 2 rings (SSSR count). The molecule has 1 unspecified atom stereocenters. The number of rotatable bonds is 4. The van der Waals surface area contributed by atoms with Gasteiger partial charge in [-0.3, -0.25) is 9.69 Å². The number of aliphatic hydroxyl groups excluding tert-OH is 1. The van der Waals surface area contributed by atoms with Crippen molar-refractivity contribution < 1.29 is 34.1 Å². The van der Waals surface area contributed by atoms with Crippen molar-refractivity contribution in [3.05, 3.63) is 28.3 Å². The van der Waals surface area contributed by atoms with Crippen LogP contribution < -0.4 is 4.90 Å². The number of carbonyl (C=O) groups is 3. The maximum absolute atomic E-state index is 13.0. The maximum atomic E-state index is 13.0. The number of hydrogen-bond donors (Lipinski definition) is 2. The number of carboxylic acids is 1. The molecular formula is C21H29ClN2O7. The second-order valence-electron chi connectivity index (χ2n) is 9.24. The molecule has 0 aliphatic carbocycles. The van der Waals surface area contributed by atoms with Crippen LogP contribution in [0.4, 0.5) is 15.3 Å². The van der Waals surface area contributed by atoms with E-state index in [0.29, 0.717) is 10.6 Å². The molecule has 172 valence electrons. The number of nitrogens with zero attached hydrogens (tertiary/aromatic N) is 2. The number of carboxylic acid groups (broad SMARTS) is 1. The third-order valence-corrected chi connectivity index (χ3v) is 4.60. The summed E-state index contributed by atoms with van der Waals surface area (Å²) in [6.45, 7) is 10.2. The standard InChI is InChI=1S/C21H29ClN2O7/c1-20(2,3)30-18(28)24(19(29)31-21(4,5)6)14-8-7-13(22)12-11-23(10-9-15(25)26)17(27)16(12)14/h7-8,17,27H,9-11H2,1-6H3,(H,25,26). The van der Waals surface area contributed by atoms with Crippen LogP contribution in [0.1, 0.15) is 65.3 Å². The molecule has 0 radical (unpaired) electrons. The SMILES string of the molecule is CC(C)(C)OC(=O)N(C(=O)OC(C)(C)C)c1ccc(Cl)c2c1C(O)N(CCC(=O)O)C2. The number of aliphatic hydroxyl groups is 1. The van der Waals surface area contributed by atoms with Gasteiger partial charge in [-0.15, -0.1) is 0 Å². The van der Waals surface area contributed by atoms with Crippen LogP contribution >= 0.6 is 11.6 Å². The van der Waals surface area contributed by atoms with E-state index in [2.05, 4.69) is 0 Å². The Hall–Kier alpha value is -2.36. The Balaban J connectivity index is 2.53. The molecule has 10 heteroatoms. The average molecular weight is 457 g/mol. The second kappa shape index (κ2) is 9.02. The molecule has 0 saturated heterocycles. The highest BCUT2D eigenvalue weighted by molar-refractivity contribution is 6.31. The van der Waals surface area contributed by atoms with E-state index in [4.69, 9.17) is 26.2 Å². The average Bonchev–Trinajstić information content (AvgIpc) is 2.90. The highest BCUT2D eigenvalue weighted by atomic mass is 35.5. The van der Waals surface area contributed by atoms with E-state index in [1.165, 1.54) is 17.0 Å². The third-order valence-electron chi connectivity index (χ3n) is 4.25. The van der Waals surface area contributed by atoms with Gasteiger partial charge in [0.05, 0.1) is 12.1 Å². The number of aliphatic carboxylic acids is 1. The highest BCUT2D eigenvalue weighted by Gasteiger charge is 2.40. The predicted octanol–water partition coefficient (Wildman–Crippen LogP) is 4.30. The maximum Gasteiger partial charge on any atom is 0.424 e. The quantitative estimate of drug-likeness (QED) is 0.688. The van der Waals surface area contributed by atoms with Crippen LogP contribution in [0, 0.1) is 0 Å². The molecule has 0 spiro atoms. The molecule has 31 heavy (non-hydrogen) atoms. The summed E-state index contributed by atoms with van der Waals surface area (Å²) in [5, 5.41) is 20.2. The lowest BCUT2D eigenvalue weighted by atomic mass is 10.1. The normalized spacial score (nSPS) is 16.6. The first-order valence-electron chi connectivity index (χ1n) is 9.82. The zero-order valence-electron chi connectivity index (χ0n) is 18.6. The fraction of sp³-hybridized carbons (Fsp3) is 0.571. The Labute approximate surface area is 186 Å². The lowest BCUT2D eigenvalue weighted by Crippen LogP contribution is -2.44. The Morgan fingerprint density at radius 3 is 2.06 bits per heavy atom. The van der Waals surface area contributed by atoms with Gasteiger partial charge < -0.3 is 19.7 Å². The summed E-state index contributed by atoms with van der Waals surface area (Å²) in [4.78, 5) is 39.1. The van der Waals surface area contributed by atoms with Gasteiger partial charge in [0.2, 0.25) is 0 Å². The molecule has 0 fully saturated rings. The molecule has 0 saturated carbocycles. The van der Waals surface area contributed by atoms with E-state index < -0.39 is 35.6 Å². The summed E-state index contributed by atoms with van der Waals surface area (Å²) >= 11 is 6.31. The van der Waals surface area contributed by atoms with Gasteiger partial charge in [-0.25, -0.2) is 9.59 Å². The minimum atomic E-state index is -1.27. The second-order valence-corrected chi connectivity index (χ2v) is 9.65. The van der Waals surface area contributed by atoms with Gasteiger partial charge in [0, 0.05) is 23.7 Å². The van der Waals surface area contributed by atoms with Crippen LogP contribution in [0.25, 0.3) is 0 Å². The van der Waals surface area contributed by atoms with E-state index in [9.17, 15) is 19.5 Å². The lowest BCUT2D eigenvalue weighted by molar-refractivity contribution is -0.138. The minimum Gasteiger partial charge on any atom is -0.481 e. The van der Waals surface area contributed by atoms with Crippen LogP contribution in [0.2, 0.25) is 5.02 Å². The third kappa shape index (κ3) is 6.32. The lowest BCUT2D eigenvalue weighted by Gasteiger charge is -2.30. The van der Waals surface area contributed by atoms with Gasteiger partial charge in [-0.2, -0.15) is 4.90 Å². The molecule has 1 aromatic rings. The molecule has 2 amide bonds. The smallest absolute Gasteiger partial charge is 0.424 e. The van der Waals surface area contributed by atoms with Crippen molar-refractivity contribution in [2.24, 2.45) is 0 Å². The summed E-state index contributed by atoms with van der Waals surface area (Å²) in [6.07, 6.45) is -3.40. The highest BCUT2D eigenvalue weighted by Crippen LogP contribution is 2.42. The van der Waals surface area contributed by atoms with Crippen molar-refractivity contribution in [1.82, 2.24) is 4.90 Å². The van der Waals surface area contributed by atoms with Crippen molar-refractivity contribution in [3.8, 4) is 0 Å². The zero-order chi connectivity index (χ0) is 23.7. The topological polar surface area (TPSA) is 117 Å². The van der Waals surface area contributed by atoms with E-state index in [1.54, 1.807) is 41.5 Å². The Morgan fingerprint density at radius 2 is 1.61 bits per heavy atom. The van der Waals surface area contributed by atoms with E-state index in [0.717, 1.165) is 4.90 Å². The number of imide groups is 1. The van der Waals surface area contributed by atoms with Gasteiger partial charge in [0.25, 0.3) is 0 Å². The summed E-state index contributed by atoms with van der Waals surface area (Å²) < 4.78 is 10.8. The first-order valence-corrected chi connectivity index (χ1v) is 10.2. The van der Waals surface area contributed by atoms with E-state index in [1.807, 2.05) is 0 Å². The Bertz CT molecular complexity index is 846. The molecular weight excluding hydrogens is 428 g/mol. The van der Waals surface area contributed by atoms with Crippen molar-refractivity contribution in [3.63, 3.8) is 0 Å². The predicted molar refractivity (Wildman–Crippen MR) is 114 cm³/mol. The molecule has 1 aliphatic heterocycles. The van der Waals surface area contributed by atoms with Gasteiger partial charge in [-0.05, 0) is 59.2 Å². The summed E-state index contributed by atoms with van der Waals surface area (Å²) in [5.41, 5.74) is -0.991. The molecule has 2 N–H and O–H groups in total. The number of halogens is 1. The zero-order valence-corrected chi connectivity index (χ0v) is 19.3. The van der Waals surface area contributed by atoms with Crippen molar-refractivity contribution in [2.45, 2.75) is 71.9 Å². The molecule has 1 atom stereocenters. The van der Waals surface area contributed by atoms with Crippen LogP contribution in [0.3, 0.4) is 0 Å². The Kier molecular flexibility index (Phi) is 7.24. The van der Waals surface area contributed by atoms with Gasteiger partial charge in [0.15, 0.2) is 0 Å². The summed E-state index contributed by atoms with van der Waals surface area (Å²) in [6, 6.07) is 2.93. The minimum absolute atomic E-state index is 0.0554. The number of fused-ring (bicyclic) bond motifs is 1. The number of amides is 2. The van der Waals surface area contributed by atoms with Crippen molar-refractivity contribution in [2.75, 3.05) is 11.4 Å². The van der Waals surface area contributed by atoms with Gasteiger partial charge in [-0.1, -0.05) is 11.6 Å². The Morgan fingerprint density at radius 1 is 1.10 bits per heavy atom. The van der Waals surface area contributed by atoms with Gasteiger partial charge in [0.1, 0.15) is 17.4 Å². The molecule has 0 bridgehead atoms. The van der Waals surface area contributed by atoms with E-state index in [-0.39, 0.29) is 30.8 Å². The number of benzene rings is 1. The molecule has 1 aliphatic rings. The summed E-state index contributed by atoms with van der Waals surface area (Å²) in [5.74, 6) is -1.02. The number of hydrogen-bond acceptors (Lipinski definition) is 7. The van der Waals surface area contributed by atoms with Crippen LogP contribution in [-0.4, -0.2) is 51.0 Å². The van der Waals surface area contributed by atoms with Gasteiger partial charge >= 0.3 is 18.2 Å². The molecule has 0 aromatic heterocycles. The summed E-state index contributed by atoms with van der Waals surface area (Å²) in [7, 11) is 0. The van der Waals surface area contributed by atoms with Crippen molar-refractivity contribution >= 4 is 35.4 Å². The van der Waals surface area contributed by atoms with Crippen molar-refractivity contribution in [1.29, 1.82) is 0 Å². The monoisotopic (exact) mass is 456 g/mol. The van der Waals surface area contributed by atoms with E-state index >= 15 is 0 Å². The first kappa shape index (κ1) is 24.9. The molecule has 1 heterocycles. The fourth-order valence-corrected chi connectivity index (χ4v) is 3.29.